The molecule has 7 nitrogen and oxygen atoms in total. The molecule has 0 spiro atoms. The Hall–Kier alpha value is -2.52. The van der Waals surface area contributed by atoms with Gasteiger partial charge in [0.25, 0.3) is 0 Å². The molecule has 0 amide bonds. The Kier molecular flexibility index (Phi) is 4.81. The average Bonchev–Trinajstić information content (AvgIpc) is 3.40. The maximum Gasteiger partial charge on any atom is 0.237 e. The zero-order valence-corrected chi connectivity index (χ0v) is 15.9. The summed E-state index contributed by atoms with van der Waals surface area (Å²) in [6, 6.07) is 10.2. The van der Waals surface area contributed by atoms with Crippen molar-refractivity contribution < 1.29 is 4.52 Å². The first-order valence-corrected chi connectivity index (χ1v) is 10.00. The van der Waals surface area contributed by atoms with Crippen LogP contribution in [-0.4, -0.2) is 30.3 Å². The molecule has 26 heavy (non-hydrogen) atoms. The number of rotatable bonds is 6. The Morgan fingerprint density at radius 3 is 2.77 bits per heavy atom. The minimum absolute atomic E-state index is 0.488. The number of thiophene rings is 1. The van der Waals surface area contributed by atoms with Crippen LogP contribution in [0.1, 0.15) is 31.2 Å². The van der Waals surface area contributed by atoms with Crippen molar-refractivity contribution in [3.63, 3.8) is 0 Å². The van der Waals surface area contributed by atoms with E-state index in [1.54, 1.807) is 16.0 Å². The third-order valence-electron chi connectivity index (χ3n) is 3.82. The summed E-state index contributed by atoms with van der Waals surface area (Å²) in [5.74, 6) is 2.13. The van der Waals surface area contributed by atoms with Gasteiger partial charge in [0.05, 0.1) is 11.4 Å². The second-order valence-electron chi connectivity index (χ2n) is 5.93. The van der Waals surface area contributed by atoms with Crippen molar-refractivity contribution in [1.29, 1.82) is 0 Å². The molecule has 9 heteroatoms. The Morgan fingerprint density at radius 2 is 2.04 bits per heavy atom. The van der Waals surface area contributed by atoms with Crippen LogP contribution >= 0.6 is 23.1 Å². The standard InChI is InChI=1S/C17H16N6OS2/c1-11(2)12-3-5-14(6-4-12)23-17(19-21-22-23)26-10-15-18-16(20-24-15)13-7-8-25-9-13/h3-9,11H,10H2,1-2H3. The summed E-state index contributed by atoms with van der Waals surface area (Å²) in [6.45, 7) is 4.34. The molecule has 0 aliphatic carbocycles. The molecule has 0 saturated carbocycles. The largest absolute Gasteiger partial charge is 0.338 e. The molecule has 0 aliphatic rings. The number of hydrogen-bond acceptors (Lipinski definition) is 8. The summed E-state index contributed by atoms with van der Waals surface area (Å²) in [6.07, 6.45) is 0. The van der Waals surface area contributed by atoms with Gasteiger partial charge in [-0.05, 0) is 45.5 Å². The number of benzene rings is 1. The number of hydrogen-bond donors (Lipinski definition) is 0. The van der Waals surface area contributed by atoms with Gasteiger partial charge in [-0.3, -0.25) is 0 Å². The molecule has 0 unspecified atom stereocenters. The molecule has 0 fully saturated rings. The van der Waals surface area contributed by atoms with Crippen LogP contribution in [0.25, 0.3) is 17.1 Å². The highest BCUT2D eigenvalue weighted by Gasteiger charge is 2.13. The van der Waals surface area contributed by atoms with Crippen LogP contribution in [0.5, 0.6) is 0 Å². The fraction of sp³-hybridized carbons (Fsp3) is 0.235. The molecule has 0 bridgehead atoms. The minimum atomic E-state index is 0.488. The van der Waals surface area contributed by atoms with Gasteiger partial charge in [-0.15, -0.1) is 5.10 Å². The predicted molar refractivity (Wildman–Crippen MR) is 100 cm³/mol. The summed E-state index contributed by atoms with van der Waals surface area (Å²) in [5, 5.41) is 20.6. The van der Waals surface area contributed by atoms with Crippen LogP contribution in [0.4, 0.5) is 0 Å². The molecule has 0 N–H and O–H groups in total. The quantitative estimate of drug-likeness (QED) is 0.461. The summed E-state index contributed by atoms with van der Waals surface area (Å²) in [4.78, 5) is 4.42. The van der Waals surface area contributed by atoms with E-state index in [-0.39, 0.29) is 0 Å². The number of tetrazole rings is 1. The average molecular weight is 384 g/mol. The van der Waals surface area contributed by atoms with E-state index in [9.17, 15) is 0 Å². The number of aromatic nitrogens is 6. The molecule has 0 aliphatic heterocycles. The summed E-state index contributed by atoms with van der Waals surface area (Å²) < 4.78 is 7.03. The first-order valence-electron chi connectivity index (χ1n) is 8.07. The highest BCUT2D eigenvalue weighted by molar-refractivity contribution is 7.98. The molecule has 0 atom stereocenters. The second kappa shape index (κ2) is 7.38. The van der Waals surface area contributed by atoms with E-state index in [1.165, 1.54) is 17.3 Å². The Labute approximate surface area is 158 Å². The first kappa shape index (κ1) is 16.9. The number of nitrogens with zero attached hydrogens (tertiary/aromatic N) is 6. The molecule has 4 aromatic rings. The van der Waals surface area contributed by atoms with Crippen molar-refractivity contribution in [3.8, 4) is 17.1 Å². The molecule has 1 aromatic carbocycles. The smallest absolute Gasteiger partial charge is 0.237 e. The minimum Gasteiger partial charge on any atom is -0.338 e. The van der Waals surface area contributed by atoms with Crippen LogP contribution in [-0.2, 0) is 5.75 Å². The summed E-state index contributed by atoms with van der Waals surface area (Å²) in [5.41, 5.74) is 3.17. The van der Waals surface area contributed by atoms with Crippen molar-refractivity contribution in [2.75, 3.05) is 0 Å². The van der Waals surface area contributed by atoms with Gasteiger partial charge in [-0.1, -0.05) is 42.9 Å². The maximum atomic E-state index is 5.32. The summed E-state index contributed by atoms with van der Waals surface area (Å²) >= 11 is 3.06. The molecule has 3 heterocycles. The Morgan fingerprint density at radius 1 is 1.19 bits per heavy atom. The van der Waals surface area contributed by atoms with E-state index in [0.717, 1.165) is 11.3 Å². The van der Waals surface area contributed by atoms with Gasteiger partial charge >= 0.3 is 0 Å². The van der Waals surface area contributed by atoms with E-state index in [4.69, 9.17) is 4.52 Å². The molecule has 4 rings (SSSR count). The van der Waals surface area contributed by atoms with Crippen molar-refractivity contribution in [1.82, 2.24) is 30.3 Å². The molecule has 3 aromatic heterocycles. The third kappa shape index (κ3) is 3.54. The van der Waals surface area contributed by atoms with Crippen molar-refractivity contribution in [3.05, 3.63) is 52.5 Å². The first-order chi connectivity index (χ1) is 12.7. The fourth-order valence-electron chi connectivity index (χ4n) is 2.38. The monoisotopic (exact) mass is 384 g/mol. The molecular formula is C17H16N6OS2. The van der Waals surface area contributed by atoms with Gasteiger partial charge < -0.3 is 4.52 Å². The maximum absolute atomic E-state index is 5.32. The van der Waals surface area contributed by atoms with E-state index < -0.39 is 0 Å². The van der Waals surface area contributed by atoms with Gasteiger partial charge in [0.15, 0.2) is 0 Å². The molecule has 0 saturated heterocycles. The van der Waals surface area contributed by atoms with E-state index in [1.807, 2.05) is 29.0 Å². The lowest BCUT2D eigenvalue weighted by Crippen LogP contribution is -2.00. The van der Waals surface area contributed by atoms with Crippen LogP contribution in [0.15, 0.2) is 50.8 Å². The van der Waals surface area contributed by atoms with Crippen LogP contribution < -0.4 is 0 Å². The molecular weight excluding hydrogens is 368 g/mol. The zero-order valence-electron chi connectivity index (χ0n) is 14.2. The zero-order chi connectivity index (χ0) is 17.9. The third-order valence-corrected chi connectivity index (χ3v) is 5.40. The lowest BCUT2D eigenvalue weighted by molar-refractivity contribution is 0.391. The van der Waals surface area contributed by atoms with Crippen molar-refractivity contribution in [2.24, 2.45) is 0 Å². The van der Waals surface area contributed by atoms with Crippen LogP contribution in [0.3, 0.4) is 0 Å². The highest BCUT2D eigenvalue weighted by atomic mass is 32.2. The Balaban J connectivity index is 1.47. The normalized spacial score (nSPS) is 11.3. The van der Waals surface area contributed by atoms with E-state index >= 15 is 0 Å². The Bertz CT molecular complexity index is 975. The molecule has 0 radical (unpaired) electrons. The van der Waals surface area contributed by atoms with E-state index in [0.29, 0.717) is 28.5 Å². The highest BCUT2D eigenvalue weighted by Crippen LogP contribution is 2.25. The second-order valence-corrected chi connectivity index (χ2v) is 7.65. The number of thioether (sulfide) groups is 1. The topological polar surface area (TPSA) is 82.5 Å². The predicted octanol–water partition coefficient (Wildman–Crippen LogP) is 4.19. The SMILES string of the molecule is CC(C)c1ccc(-n2nnnc2SCc2nc(-c3ccsc3)no2)cc1. The van der Waals surface area contributed by atoms with Gasteiger partial charge in [-0.2, -0.15) is 21.0 Å². The van der Waals surface area contributed by atoms with Crippen LogP contribution in [0, 0.1) is 0 Å². The van der Waals surface area contributed by atoms with Crippen LogP contribution in [0.2, 0.25) is 0 Å². The van der Waals surface area contributed by atoms with Gasteiger partial charge in [0, 0.05) is 10.9 Å². The van der Waals surface area contributed by atoms with Crippen molar-refractivity contribution >= 4 is 23.1 Å². The fourth-order valence-corrected chi connectivity index (χ4v) is 3.74. The van der Waals surface area contributed by atoms with Gasteiger partial charge in [0.2, 0.25) is 16.9 Å². The van der Waals surface area contributed by atoms with E-state index in [2.05, 4.69) is 51.6 Å². The van der Waals surface area contributed by atoms with Crippen molar-refractivity contribution in [2.45, 2.75) is 30.7 Å². The lowest BCUT2D eigenvalue weighted by Gasteiger charge is -2.07. The van der Waals surface area contributed by atoms with Gasteiger partial charge in [0.1, 0.15) is 0 Å². The lowest BCUT2D eigenvalue weighted by atomic mass is 10.0. The molecule has 132 valence electrons. The summed E-state index contributed by atoms with van der Waals surface area (Å²) in [7, 11) is 0. The van der Waals surface area contributed by atoms with Gasteiger partial charge in [-0.25, -0.2) is 0 Å².